The number of carbonyl (C=O) groups excluding carboxylic acids is 1. The molecular formula is C23H25N3O4. The summed E-state index contributed by atoms with van der Waals surface area (Å²) in [4.78, 5) is 22.2. The first-order valence-electron chi connectivity index (χ1n) is 10.3. The summed E-state index contributed by atoms with van der Waals surface area (Å²) in [5.41, 5.74) is 2.37. The molecule has 0 radical (unpaired) electrons. The molecule has 0 unspecified atom stereocenters. The molecule has 30 heavy (non-hydrogen) atoms. The van der Waals surface area contributed by atoms with Crippen LogP contribution in [0.5, 0.6) is 11.5 Å². The molecule has 2 N–H and O–H groups in total. The highest BCUT2D eigenvalue weighted by molar-refractivity contribution is 5.97. The van der Waals surface area contributed by atoms with E-state index < -0.39 is 6.10 Å². The number of para-hydroxylation sites is 2. The highest BCUT2D eigenvalue weighted by Gasteiger charge is 2.44. The third-order valence-corrected chi connectivity index (χ3v) is 6.39. The fourth-order valence-electron chi connectivity index (χ4n) is 4.81. The van der Waals surface area contributed by atoms with Gasteiger partial charge in [0.2, 0.25) is 0 Å². The van der Waals surface area contributed by atoms with Crippen molar-refractivity contribution in [2.24, 2.45) is 11.8 Å². The third kappa shape index (κ3) is 3.39. The molecule has 1 aliphatic heterocycles. The minimum atomic E-state index is -0.562. The van der Waals surface area contributed by atoms with Gasteiger partial charge in [0.15, 0.2) is 11.5 Å². The number of rotatable bonds is 4. The molecule has 7 nitrogen and oxygen atoms in total. The van der Waals surface area contributed by atoms with Crippen LogP contribution in [0.1, 0.15) is 23.2 Å². The van der Waals surface area contributed by atoms with Gasteiger partial charge in [0.25, 0.3) is 5.91 Å². The number of aliphatic hydroxyl groups is 1. The summed E-state index contributed by atoms with van der Waals surface area (Å²) in [6, 6.07) is 13.0. The molecule has 5 rings (SSSR count). The van der Waals surface area contributed by atoms with Gasteiger partial charge in [-0.05, 0) is 55.0 Å². The second-order valence-corrected chi connectivity index (χ2v) is 8.21. The number of aromatic nitrogens is 2. The van der Waals surface area contributed by atoms with Crippen molar-refractivity contribution < 1.29 is 19.4 Å². The molecule has 2 aromatic carbocycles. The minimum absolute atomic E-state index is 0.0255. The maximum absolute atomic E-state index is 13.1. The van der Waals surface area contributed by atoms with E-state index in [9.17, 15) is 9.90 Å². The van der Waals surface area contributed by atoms with Crippen molar-refractivity contribution in [1.82, 2.24) is 14.9 Å². The van der Waals surface area contributed by atoms with Crippen LogP contribution in [0.4, 0.5) is 0 Å². The van der Waals surface area contributed by atoms with Gasteiger partial charge in [-0.3, -0.25) is 4.79 Å². The SMILES string of the molecule is COc1ccccc1O[C@@H]1C[C@@H]2CN(C(=O)c3ccc4nc[nH]c4c3)C[C@@H]2C[C@H]1O. The highest BCUT2D eigenvalue weighted by Crippen LogP contribution is 2.39. The number of benzene rings is 2. The first kappa shape index (κ1) is 18.9. The van der Waals surface area contributed by atoms with E-state index in [1.165, 1.54) is 0 Å². The Balaban J connectivity index is 1.28. The summed E-state index contributed by atoms with van der Waals surface area (Å²) in [6.45, 7) is 1.35. The molecular weight excluding hydrogens is 382 g/mol. The Labute approximate surface area is 174 Å². The van der Waals surface area contributed by atoms with Crippen LogP contribution >= 0.6 is 0 Å². The van der Waals surface area contributed by atoms with Crippen LogP contribution in [0.15, 0.2) is 48.8 Å². The van der Waals surface area contributed by atoms with E-state index in [0.717, 1.165) is 11.0 Å². The molecule has 2 aliphatic rings. The molecule has 0 spiro atoms. The van der Waals surface area contributed by atoms with Crippen LogP contribution < -0.4 is 9.47 Å². The van der Waals surface area contributed by atoms with Crippen LogP contribution in [0, 0.1) is 11.8 Å². The van der Waals surface area contributed by atoms with Crippen LogP contribution in [0.25, 0.3) is 11.0 Å². The zero-order valence-electron chi connectivity index (χ0n) is 16.8. The zero-order chi connectivity index (χ0) is 20.7. The van der Waals surface area contributed by atoms with Crippen molar-refractivity contribution in [2.75, 3.05) is 20.2 Å². The number of likely N-dealkylation sites (tertiary alicyclic amines) is 1. The standard InChI is InChI=1S/C23H25N3O4/c1-29-20-4-2-3-5-21(20)30-22-10-16-12-26(11-15(16)9-19(22)27)23(28)14-6-7-17-18(8-14)25-13-24-17/h2-8,13,15-16,19,22,27H,9-12H2,1H3,(H,24,25)/t15-,16+,19+,22+/m0/s1. The second-order valence-electron chi connectivity index (χ2n) is 8.21. The predicted molar refractivity (Wildman–Crippen MR) is 112 cm³/mol. The number of ether oxygens (including phenoxy) is 2. The number of aromatic amines is 1. The van der Waals surface area contributed by atoms with E-state index in [4.69, 9.17) is 9.47 Å². The van der Waals surface area contributed by atoms with E-state index in [1.807, 2.05) is 47.4 Å². The van der Waals surface area contributed by atoms with E-state index >= 15 is 0 Å². The highest BCUT2D eigenvalue weighted by atomic mass is 16.5. The van der Waals surface area contributed by atoms with Crippen molar-refractivity contribution in [3.8, 4) is 11.5 Å². The van der Waals surface area contributed by atoms with Crippen molar-refractivity contribution >= 4 is 16.9 Å². The number of methoxy groups -OCH3 is 1. The van der Waals surface area contributed by atoms with Crippen LogP contribution in [-0.2, 0) is 0 Å². The van der Waals surface area contributed by atoms with Crippen molar-refractivity contribution in [3.05, 3.63) is 54.4 Å². The number of carbonyl (C=O) groups is 1. The number of nitrogens with one attached hydrogen (secondary N) is 1. The van der Waals surface area contributed by atoms with Gasteiger partial charge in [0.1, 0.15) is 6.10 Å². The van der Waals surface area contributed by atoms with Crippen LogP contribution in [-0.4, -0.2) is 58.3 Å². The average Bonchev–Trinajstić information content (AvgIpc) is 3.39. The van der Waals surface area contributed by atoms with Crippen LogP contribution in [0.3, 0.4) is 0 Å². The lowest BCUT2D eigenvalue weighted by molar-refractivity contribution is -0.0240. The predicted octanol–water partition coefficient (Wildman–Crippen LogP) is 2.86. The summed E-state index contributed by atoms with van der Waals surface area (Å²) in [5.74, 6) is 1.92. The summed E-state index contributed by atoms with van der Waals surface area (Å²) in [7, 11) is 1.61. The average molecular weight is 407 g/mol. The fourth-order valence-corrected chi connectivity index (χ4v) is 4.81. The third-order valence-electron chi connectivity index (χ3n) is 6.39. The van der Waals surface area contributed by atoms with Gasteiger partial charge in [0.05, 0.1) is 30.6 Å². The number of nitrogens with zero attached hydrogens (tertiary/aromatic N) is 2. The summed E-state index contributed by atoms with van der Waals surface area (Å²) in [5, 5.41) is 10.7. The molecule has 1 saturated heterocycles. The van der Waals surface area contributed by atoms with Crippen molar-refractivity contribution in [2.45, 2.75) is 25.0 Å². The lowest BCUT2D eigenvalue weighted by Gasteiger charge is -2.35. The molecule has 1 aromatic heterocycles. The molecule has 2 fully saturated rings. The number of hydrogen-bond donors (Lipinski definition) is 2. The maximum atomic E-state index is 13.1. The van der Waals surface area contributed by atoms with Gasteiger partial charge in [-0.15, -0.1) is 0 Å². The largest absolute Gasteiger partial charge is 0.493 e. The Bertz CT molecular complexity index is 1070. The first-order chi connectivity index (χ1) is 14.6. The molecule has 4 atom stereocenters. The van der Waals surface area contributed by atoms with Crippen LogP contribution in [0.2, 0.25) is 0 Å². The summed E-state index contributed by atoms with van der Waals surface area (Å²) < 4.78 is 11.5. The molecule has 0 bridgehead atoms. The van der Waals surface area contributed by atoms with Gasteiger partial charge < -0.3 is 24.5 Å². The van der Waals surface area contributed by atoms with Crippen molar-refractivity contribution in [3.63, 3.8) is 0 Å². The number of aliphatic hydroxyl groups excluding tert-OH is 1. The van der Waals surface area contributed by atoms with Gasteiger partial charge in [0, 0.05) is 18.7 Å². The molecule has 1 saturated carbocycles. The minimum Gasteiger partial charge on any atom is -0.493 e. The topological polar surface area (TPSA) is 87.7 Å². The molecule has 156 valence electrons. The molecule has 3 aromatic rings. The Morgan fingerprint density at radius 1 is 1.13 bits per heavy atom. The maximum Gasteiger partial charge on any atom is 0.253 e. The van der Waals surface area contributed by atoms with E-state index in [1.54, 1.807) is 13.4 Å². The molecule has 2 heterocycles. The van der Waals surface area contributed by atoms with Gasteiger partial charge >= 0.3 is 0 Å². The number of imidazole rings is 1. The van der Waals surface area contributed by atoms with E-state index in [2.05, 4.69) is 9.97 Å². The zero-order valence-corrected chi connectivity index (χ0v) is 16.8. The fraction of sp³-hybridized carbons (Fsp3) is 0.391. The lowest BCUT2D eigenvalue weighted by atomic mass is 9.78. The van der Waals surface area contributed by atoms with Gasteiger partial charge in [-0.25, -0.2) is 4.98 Å². The van der Waals surface area contributed by atoms with E-state index in [-0.39, 0.29) is 17.9 Å². The smallest absolute Gasteiger partial charge is 0.253 e. The Morgan fingerprint density at radius 2 is 1.90 bits per heavy atom. The van der Waals surface area contributed by atoms with Crippen molar-refractivity contribution in [1.29, 1.82) is 0 Å². The number of hydrogen-bond acceptors (Lipinski definition) is 5. The number of H-pyrrole nitrogens is 1. The Kier molecular flexibility index (Phi) is 4.83. The Hall–Kier alpha value is -3.06. The summed E-state index contributed by atoms with van der Waals surface area (Å²) in [6.07, 6.45) is 2.11. The quantitative estimate of drug-likeness (QED) is 0.694. The molecule has 7 heteroatoms. The van der Waals surface area contributed by atoms with Gasteiger partial charge in [-0.2, -0.15) is 0 Å². The van der Waals surface area contributed by atoms with E-state index in [0.29, 0.717) is 48.9 Å². The first-order valence-corrected chi connectivity index (χ1v) is 10.3. The normalized spacial score (nSPS) is 25.9. The second kappa shape index (κ2) is 7.65. The monoisotopic (exact) mass is 407 g/mol. The molecule has 1 amide bonds. The number of fused-ring (bicyclic) bond motifs is 2. The number of amides is 1. The Morgan fingerprint density at radius 3 is 2.70 bits per heavy atom. The van der Waals surface area contributed by atoms with Gasteiger partial charge in [-0.1, -0.05) is 12.1 Å². The molecule has 1 aliphatic carbocycles. The lowest BCUT2D eigenvalue weighted by Crippen LogP contribution is -2.42. The summed E-state index contributed by atoms with van der Waals surface area (Å²) >= 11 is 0.